The van der Waals surface area contributed by atoms with E-state index in [1.807, 2.05) is 13.1 Å². The van der Waals surface area contributed by atoms with Crippen LogP contribution in [0.4, 0.5) is 0 Å². The summed E-state index contributed by atoms with van der Waals surface area (Å²) in [5.74, 6) is 0.365. The average Bonchev–Trinajstić information content (AvgIpc) is 2.57. The standard InChI is InChI=1S/C10H17N3O/c1-8(2)10-6-9(7-14)13(12-10)5-4-11-3/h6-8,11H,4-5H2,1-3H3. The molecule has 0 radical (unpaired) electrons. The SMILES string of the molecule is CNCCn1nc(C(C)C)cc1C=O. The summed E-state index contributed by atoms with van der Waals surface area (Å²) < 4.78 is 1.75. The van der Waals surface area contributed by atoms with Crippen molar-refractivity contribution < 1.29 is 4.79 Å². The summed E-state index contributed by atoms with van der Waals surface area (Å²) in [6.45, 7) is 5.69. The predicted molar refractivity (Wildman–Crippen MR) is 55.6 cm³/mol. The van der Waals surface area contributed by atoms with E-state index in [0.29, 0.717) is 11.6 Å². The van der Waals surface area contributed by atoms with Crippen molar-refractivity contribution in [2.45, 2.75) is 26.3 Å². The van der Waals surface area contributed by atoms with Crippen LogP contribution in [0, 0.1) is 0 Å². The Morgan fingerprint density at radius 1 is 1.64 bits per heavy atom. The number of carbonyl (C=O) groups excluding carboxylic acids is 1. The van der Waals surface area contributed by atoms with E-state index < -0.39 is 0 Å². The minimum Gasteiger partial charge on any atom is -0.318 e. The largest absolute Gasteiger partial charge is 0.318 e. The van der Waals surface area contributed by atoms with Gasteiger partial charge in [-0.1, -0.05) is 13.8 Å². The van der Waals surface area contributed by atoms with E-state index in [1.54, 1.807) is 4.68 Å². The Balaban J connectivity index is 2.84. The van der Waals surface area contributed by atoms with Crippen LogP contribution in [0.3, 0.4) is 0 Å². The monoisotopic (exact) mass is 195 g/mol. The molecule has 78 valence electrons. The Morgan fingerprint density at radius 2 is 2.36 bits per heavy atom. The van der Waals surface area contributed by atoms with Gasteiger partial charge in [0, 0.05) is 6.54 Å². The molecule has 1 aromatic heterocycles. The molecule has 0 bridgehead atoms. The van der Waals surface area contributed by atoms with Crippen LogP contribution < -0.4 is 5.32 Å². The maximum Gasteiger partial charge on any atom is 0.168 e. The van der Waals surface area contributed by atoms with Crippen molar-refractivity contribution in [1.82, 2.24) is 15.1 Å². The Kier molecular flexibility index (Phi) is 3.83. The quantitative estimate of drug-likeness (QED) is 0.714. The molecule has 0 saturated carbocycles. The summed E-state index contributed by atoms with van der Waals surface area (Å²) >= 11 is 0. The predicted octanol–water partition coefficient (Wildman–Crippen LogP) is 1.04. The zero-order valence-electron chi connectivity index (χ0n) is 8.95. The maximum atomic E-state index is 10.7. The molecule has 1 aromatic rings. The number of nitrogens with zero attached hydrogens (tertiary/aromatic N) is 2. The minimum atomic E-state index is 0.365. The summed E-state index contributed by atoms with van der Waals surface area (Å²) in [6, 6.07) is 1.85. The lowest BCUT2D eigenvalue weighted by atomic mass is 10.1. The first-order chi connectivity index (χ1) is 6.69. The molecule has 0 aliphatic heterocycles. The van der Waals surface area contributed by atoms with E-state index in [9.17, 15) is 4.79 Å². The number of carbonyl (C=O) groups is 1. The third-order valence-corrected chi connectivity index (χ3v) is 2.12. The highest BCUT2D eigenvalue weighted by atomic mass is 16.1. The van der Waals surface area contributed by atoms with Gasteiger partial charge in [-0.05, 0) is 19.0 Å². The van der Waals surface area contributed by atoms with Gasteiger partial charge in [0.05, 0.1) is 12.2 Å². The first kappa shape index (κ1) is 10.9. The van der Waals surface area contributed by atoms with Crippen molar-refractivity contribution in [3.63, 3.8) is 0 Å². The Bertz CT molecular complexity index is 304. The summed E-state index contributed by atoms with van der Waals surface area (Å²) in [7, 11) is 1.88. The van der Waals surface area contributed by atoms with Crippen LogP contribution in [-0.2, 0) is 6.54 Å². The zero-order chi connectivity index (χ0) is 10.6. The van der Waals surface area contributed by atoms with Crippen molar-refractivity contribution in [2.75, 3.05) is 13.6 Å². The number of rotatable bonds is 5. The molecule has 4 nitrogen and oxygen atoms in total. The number of likely N-dealkylation sites (N-methyl/N-ethyl adjacent to an activating group) is 1. The number of aldehydes is 1. The number of hydrogen-bond acceptors (Lipinski definition) is 3. The molecular weight excluding hydrogens is 178 g/mol. The van der Waals surface area contributed by atoms with Gasteiger partial charge in [0.15, 0.2) is 6.29 Å². The lowest BCUT2D eigenvalue weighted by Crippen LogP contribution is -2.17. The molecule has 14 heavy (non-hydrogen) atoms. The fraction of sp³-hybridized carbons (Fsp3) is 0.600. The van der Waals surface area contributed by atoms with Gasteiger partial charge in [-0.3, -0.25) is 9.48 Å². The molecule has 1 N–H and O–H groups in total. The van der Waals surface area contributed by atoms with Crippen molar-refractivity contribution in [3.8, 4) is 0 Å². The highest BCUT2D eigenvalue weighted by molar-refractivity contribution is 5.72. The molecule has 0 amide bonds. The van der Waals surface area contributed by atoms with Crippen LogP contribution in [-0.4, -0.2) is 29.7 Å². The normalized spacial score (nSPS) is 10.9. The minimum absolute atomic E-state index is 0.365. The van der Waals surface area contributed by atoms with Gasteiger partial charge >= 0.3 is 0 Å². The molecule has 1 rings (SSSR count). The van der Waals surface area contributed by atoms with Gasteiger partial charge in [0.1, 0.15) is 5.69 Å². The highest BCUT2D eigenvalue weighted by Gasteiger charge is 2.08. The molecule has 0 aliphatic rings. The smallest absolute Gasteiger partial charge is 0.168 e. The van der Waals surface area contributed by atoms with Crippen LogP contribution >= 0.6 is 0 Å². The van der Waals surface area contributed by atoms with Crippen molar-refractivity contribution in [3.05, 3.63) is 17.5 Å². The molecule has 0 aliphatic carbocycles. The number of nitrogens with one attached hydrogen (secondary N) is 1. The summed E-state index contributed by atoms with van der Waals surface area (Å²) in [5.41, 5.74) is 1.63. The van der Waals surface area contributed by atoms with Gasteiger partial charge in [-0.2, -0.15) is 5.10 Å². The first-order valence-electron chi connectivity index (χ1n) is 4.86. The maximum absolute atomic E-state index is 10.7. The summed E-state index contributed by atoms with van der Waals surface area (Å²) in [6.07, 6.45) is 0.856. The number of aromatic nitrogens is 2. The Labute approximate surface area is 84.3 Å². The molecule has 0 unspecified atom stereocenters. The molecule has 0 spiro atoms. The Morgan fingerprint density at radius 3 is 2.86 bits per heavy atom. The average molecular weight is 195 g/mol. The lowest BCUT2D eigenvalue weighted by Gasteiger charge is -2.02. The van der Waals surface area contributed by atoms with Crippen molar-refractivity contribution >= 4 is 6.29 Å². The lowest BCUT2D eigenvalue weighted by molar-refractivity contribution is 0.111. The second kappa shape index (κ2) is 4.91. The van der Waals surface area contributed by atoms with Gasteiger partial charge < -0.3 is 5.32 Å². The third-order valence-electron chi connectivity index (χ3n) is 2.12. The second-order valence-corrected chi connectivity index (χ2v) is 3.59. The Hall–Kier alpha value is -1.16. The molecule has 0 atom stereocenters. The summed E-state index contributed by atoms with van der Waals surface area (Å²) in [5, 5.41) is 7.39. The highest BCUT2D eigenvalue weighted by Crippen LogP contribution is 2.13. The van der Waals surface area contributed by atoms with Crippen LogP contribution in [0.25, 0.3) is 0 Å². The van der Waals surface area contributed by atoms with E-state index in [2.05, 4.69) is 24.3 Å². The second-order valence-electron chi connectivity index (χ2n) is 3.59. The zero-order valence-corrected chi connectivity index (χ0v) is 8.95. The fourth-order valence-electron chi connectivity index (χ4n) is 1.23. The van der Waals surface area contributed by atoms with Crippen molar-refractivity contribution in [1.29, 1.82) is 0 Å². The van der Waals surface area contributed by atoms with Crippen LogP contribution in [0.15, 0.2) is 6.07 Å². The van der Waals surface area contributed by atoms with E-state index in [4.69, 9.17) is 0 Å². The molecule has 4 heteroatoms. The van der Waals surface area contributed by atoms with Crippen LogP contribution in [0.1, 0.15) is 35.9 Å². The third kappa shape index (κ3) is 2.42. The first-order valence-corrected chi connectivity index (χ1v) is 4.86. The van der Waals surface area contributed by atoms with Crippen molar-refractivity contribution in [2.24, 2.45) is 0 Å². The molecule has 0 fully saturated rings. The van der Waals surface area contributed by atoms with E-state index in [-0.39, 0.29) is 0 Å². The molecule has 1 heterocycles. The van der Waals surface area contributed by atoms with Crippen LogP contribution in [0.2, 0.25) is 0 Å². The summed E-state index contributed by atoms with van der Waals surface area (Å²) in [4.78, 5) is 10.7. The topological polar surface area (TPSA) is 46.9 Å². The van der Waals surface area contributed by atoms with E-state index >= 15 is 0 Å². The fourth-order valence-corrected chi connectivity index (χ4v) is 1.23. The van der Waals surface area contributed by atoms with Gasteiger partial charge in [-0.25, -0.2) is 0 Å². The van der Waals surface area contributed by atoms with E-state index in [1.165, 1.54) is 0 Å². The molecular formula is C10H17N3O. The molecule has 0 aromatic carbocycles. The van der Waals surface area contributed by atoms with Gasteiger partial charge in [0.2, 0.25) is 0 Å². The van der Waals surface area contributed by atoms with Gasteiger partial charge in [0.25, 0.3) is 0 Å². The van der Waals surface area contributed by atoms with Gasteiger partial charge in [-0.15, -0.1) is 0 Å². The van der Waals surface area contributed by atoms with Crippen LogP contribution in [0.5, 0.6) is 0 Å². The van der Waals surface area contributed by atoms with E-state index in [0.717, 1.165) is 25.1 Å². The number of hydrogen-bond donors (Lipinski definition) is 1. The molecule has 0 saturated heterocycles.